The molecule has 0 saturated carbocycles. The van der Waals surface area contributed by atoms with Crippen molar-refractivity contribution in [3.8, 4) is 0 Å². The van der Waals surface area contributed by atoms with E-state index in [0.717, 1.165) is 63.0 Å². The minimum absolute atomic E-state index is 0.448. The second kappa shape index (κ2) is 12.1. The van der Waals surface area contributed by atoms with Crippen molar-refractivity contribution in [3.05, 3.63) is 58.3 Å². The fraction of sp³-hybridized carbons (Fsp3) is 0.417. The van der Waals surface area contributed by atoms with Crippen LogP contribution in [0.4, 0.5) is 17.1 Å². The number of unbranched alkanes of at least 4 members (excludes halogenated alkanes) is 2. The van der Waals surface area contributed by atoms with Gasteiger partial charge in [-0.3, -0.25) is 0 Å². The average molecular weight is 492 g/mol. The van der Waals surface area contributed by atoms with Gasteiger partial charge in [0, 0.05) is 31.3 Å². The molecule has 0 saturated heterocycles. The van der Waals surface area contributed by atoms with Gasteiger partial charge in [0.2, 0.25) is 0 Å². The van der Waals surface area contributed by atoms with Gasteiger partial charge in [0.25, 0.3) is 0 Å². The third-order valence-electron chi connectivity index (χ3n) is 4.97. The van der Waals surface area contributed by atoms with E-state index < -0.39 is 23.9 Å². The molecule has 0 N–H and O–H groups in total. The van der Waals surface area contributed by atoms with Gasteiger partial charge < -0.3 is 4.90 Å². The van der Waals surface area contributed by atoms with Crippen molar-refractivity contribution in [3.63, 3.8) is 0 Å². The van der Waals surface area contributed by atoms with E-state index in [1.807, 2.05) is 12.1 Å². The standard InChI is InChI=1S/C24H33N3O4S2/c1-5-7-17-27(18-8-6-2)23-15-13-22(14-16-23)26-25-21-11-9-20(10-12-21)19-24(32(3,28)29)33(4,30)31/h9-16,19H,5-8,17-18H2,1-4H3. The molecule has 0 fully saturated rings. The van der Waals surface area contributed by atoms with Crippen LogP contribution in [-0.2, 0) is 19.7 Å². The molecule has 0 aromatic heterocycles. The minimum Gasteiger partial charge on any atom is -0.372 e. The van der Waals surface area contributed by atoms with Crippen LogP contribution in [0.25, 0.3) is 6.08 Å². The van der Waals surface area contributed by atoms with Gasteiger partial charge in [-0.2, -0.15) is 10.2 Å². The van der Waals surface area contributed by atoms with Crippen LogP contribution in [0.2, 0.25) is 0 Å². The monoisotopic (exact) mass is 491 g/mol. The highest BCUT2D eigenvalue weighted by molar-refractivity contribution is 8.14. The number of hydrogen-bond acceptors (Lipinski definition) is 7. The molecule has 0 unspecified atom stereocenters. The summed E-state index contributed by atoms with van der Waals surface area (Å²) in [6, 6.07) is 14.5. The second-order valence-electron chi connectivity index (χ2n) is 8.01. The first-order valence-electron chi connectivity index (χ1n) is 11.0. The molecule has 7 nitrogen and oxygen atoms in total. The maximum atomic E-state index is 11.8. The number of anilines is 1. The van der Waals surface area contributed by atoms with Crippen LogP contribution in [0.1, 0.15) is 45.1 Å². The molecule has 2 rings (SSSR count). The molecule has 2 aromatic rings. The van der Waals surface area contributed by atoms with E-state index in [2.05, 4.69) is 41.1 Å². The summed E-state index contributed by atoms with van der Waals surface area (Å²) in [6.07, 6.45) is 7.54. The van der Waals surface area contributed by atoms with Crippen molar-refractivity contribution in [2.75, 3.05) is 30.5 Å². The first-order valence-corrected chi connectivity index (χ1v) is 14.8. The molecular weight excluding hydrogens is 458 g/mol. The number of benzene rings is 2. The van der Waals surface area contributed by atoms with Crippen molar-refractivity contribution >= 4 is 42.8 Å². The van der Waals surface area contributed by atoms with Gasteiger partial charge in [0.05, 0.1) is 11.4 Å². The van der Waals surface area contributed by atoms with E-state index >= 15 is 0 Å². The van der Waals surface area contributed by atoms with Crippen LogP contribution in [-0.4, -0.2) is 42.4 Å². The summed E-state index contributed by atoms with van der Waals surface area (Å²) in [5, 5.41) is 8.49. The highest BCUT2D eigenvalue weighted by atomic mass is 32.3. The third kappa shape index (κ3) is 8.74. The molecule has 0 spiro atoms. The van der Waals surface area contributed by atoms with E-state index in [0.29, 0.717) is 11.3 Å². The highest BCUT2D eigenvalue weighted by Crippen LogP contribution is 2.24. The third-order valence-corrected chi connectivity index (χ3v) is 8.48. The molecule has 33 heavy (non-hydrogen) atoms. The molecule has 0 aliphatic rings. The molecule has 0 radical (unpaired) electrons. The molecule has 0 aliphatic heterocycles. The summed E-state index contributed by atoms with van der Waals surface area (Å²) in [4.78, 5) is 2.40. The highest BCUT2D eigenvalue weighted by Gasteiger charge is 2.22. The van der Waals surface area contributed by atoms with Crippen LogP contribution in [0.5, 0.6) is 0 Å². The smallest absolute Gasteiger partial charge is 0.186 e. The van der Waals surface area contributed by atoms with Gasteiger partial charge in [0.1, 0.15) is 0 Å². The zero-order chi connectivity index (χ0) is 24.5. The van der Waals surface area contributed by atoms with Gasteiger partial charge in [-0.1, -0.05) is 38.8 Å². The van der Waals surface area contributed by atoms with E-state index in [4.69, 9.17) is 0 Å². The van der Waals surface area contributed by atoms with E-state index in [1.54, 1.807) is 24.3 Å². The summed E-state index contributed by atoms with van der Waals surface area (Å²) in [6.45, 7) is 6.47. The zero-order valence-corrected chi connectivity index (χ0v) is 21.4. The first kappa shape index (κ1) is 26.7. The summed E-state index contributed by atoms with van der Waals surface area (Å²) in [5.41, 5.74) is 2.93. The Morgan fingerprint density at radius 2 is 1.18 bits per heavy atom. The van der Waals surface area contributed by atoms with Crippen LogP contribution in [0.15, 0.2) is 63.0 Å². The zero-order valence-electron chi connectivity index (χ0n) is 19.7. The molecule has 0 amide bonds. The predicted molar refractivity (Wildman–Crippen MR) is 137 cm³/mol. The SMILES string of the molecule is CCCCN(CCCC)c1ccc(N=Nc2ccc(C=C(S(C)(=O)=O)S(C)(=O)=O)cc2)cc1. The molecule has 0 aliphatic carbocycles. The lowest BCUT2D eigenvalue weighted by atomic mass is 10.2. The molecule has 0 bridgehead atoms. The summed E-state index contributed by atoms with van der Waals surface area (Å²) >= 11 is 0. The van der Waals surface area contributed by atoms with Crippen LogP contribution < -0.4 is 4.90 Å². The van der Waals surface area contributed by atoms with Gasteiger partial charge >= 0.3 is 0 Å². The Morgan fingerprint density at radius 3 is 1.58 bits per heavy atom. The van der Waals surface area contributed by atoms with E-state index in [9.17, 15) is 16.8 Å². The predicted octanol–water partition coefficient (Wildman–Crippen LogP) is 5.90. The van der Waals surface area contributed by atoms with Gasteiger partial charge in [-0.05, 0) is 60.9 Å². The molecule has 180 valence electrons. The maximum absolute atomic E-state index is 11.8. The molecule has 0 atom stereocenters. The molecule has 2 aromatic carbocycles. The molecule has 9 heteroatoms. The lowest BCUT2D eigenvalue weighted by molar-refractivity contribution is 0.601. The fourth-order valence-corrected chi connectivity index (χ4v) is 6.08. The molecule has 0 heterocycles. The quantitative estimate of drug-likeness (QED) is 0.345. The number of nitrogens with zero attached hydrogens (tertiary/aromatic N) is 3. The Hall–Kier alpha value is -2.52. The largest absolute Gasteiger partial charge is 0.372 e. The van der Waals surface area contributed by atoms with Crippen LogP contribution in [0, 0.1) is 0 Å². The van der Waals surface area contributed by atoms with Gasteiger partial charge in [-0.15, -0.1) is 0 Å². The van der Waals surface area contributed by atoms with E-state index in [-0.39, 0.29) is 0 Å². The number of rotatable bonds is 12. The fourth-order valence-electron chi connectivity index (χ4n) is 3.18. The number of sulfone groups is 2. The number of hydrogen-bond donors (Lipinski definition) is 0. The van der Waals surface area contributed by atoms with Crippen molar-refractivity contribution in [1.29, 1.82) is 0 Å². The lowest BCUT2D eigenvalue weighted by Gasteiger charge is -2.24. The van der Waals surface area contributed by atoms with Crippen LogP contribution in [0.3, 0.4) is 0 Å². The van der Waals surface area contributed by atoms with Crippen molar-refractivity contribution in [2.45, 2.75) is 39.5 Å². The summed E-state index contributed by atoms with van der Waals surface area (Å²) in [7, 11) is -7.74. The Bertz CT molecular complexity index is 1130. The van der Waals surface area contributed by atoms with Gasteiger partial charge in [-0.25, -0.2) is 16.8 Å². The minimum atomic E-state index is -3.87. The van der Waals surface area contributed by atoms with Crippen LogP contribution >= 0.6 is 0 Å². The number of azo groups is 1. The summed E-state index contributed by atoms with van der Waals surface area (Å²) in [5.74, 6) is 0. The summed E-state index contributed by atoms with van der Waals surface area (Å²) < 4.78 is 46.6. The second-order valence-corrected chi connectivity index (χ2v) is 12.2. The Morgan fingerprint density at radius 1 is 0.758 bits per heavy atom. The first-order chi connectivity index (χ1) is 15.5. The van der Waals surface area contributed by atoms with Crippen molar-refractivity contribution < 1.29 is 16.8 Å². The van der Waals surface area contributed by atoms with Gasteiger partial charge in [0.15, 0.2) is 23.9 Å². The van der Waals surface area contributed by atoms with Crippen molar-refractivity contribution in [2.24, 2.45) is 10.2 Å². The Labute approximate surface area is 198 Å². The maximum Gasteiger partial charge on any atom is 0.186 e. The van der Waals surface area contributed by atoms with Crippen molar-refractivity contribution in [1.82, 2.24) is 0 Å². The van der Waals surface area contributed by atoms with E-state index in [1.165, 1.54) is 5.69 Å². The normalized spacial score (nSPS) is 12.1. The lowest BCUT2D eigenvalue weighted by Crippen LogP contribution is -2.25. The Balaban J connectivity index is 2.14. The Kier molecular flexibility index (Phi) is 9.79. The topological polar surface area (TPSA) is 96.2 Å². The molecular formula is C24H33N3O4S2. The average Bonchev–Trinajstić information content (AvgIpc) is 2.76.